The molecule has 0 aliphatic carbocycles. The lowest BCUT2D eigenvalue weighted by Gasteiger charge is -2.25. The smallest absolute Gasteiger partial charge is 0.228 e. The Labute approximate surface area is 122 Å². The molecule has 0 saturated heterocycles. The molecule has 0 fully saturated rings. The molecule has 3 rings (SSSR count). The standard InChI is InChI=1S/C15H17N3OS/c1-10-8-17-14(20-10)9-18-15(19)12-6-7-16-13-5-3-2-4-11(12)13/h2-5,8,12,16H,6-7,9H2,1H3,(H,18,19). The molecule has 2 N–H and O–H groups in total. The molecule has 0 bridgehead atoms. The van der Waals surface area contributed by atoms with Gasteiger partial charge in [0.05, 0.1) is 12.5 Å². The van der Waals surface area contributed by atoms with Gasteiger partial charge in [0.15, 0.2) is 0 Å². The van der Waals surface area contributed by atoms with Crippen LogP contribution in [0.2, 0.25) is 0 Å². The number of amides is 1. The Morgan fingerprint density at radius 2 is 2.35 bits per heavy atom. The Bertz CT molecular complexity index is 623. The molecule has 1 aromatic carbocycles. The van der Waals surface area contributed by atoms with Crippen molar-refractivity contribution < 1.29 is 4.79 Å². The number of aryl methyl sites for hydroxylation is 1. The summed E-state index contributed by atoms with van der Waals surface area (Å²) in [5, 5.41) is 7.29. The maximum Gasteiger partial charge on any atom is 0.228 e. The van der Waals surface area contributed by atoms with E-state index in [-0.39, 0.29) is 11.8 Å². The number of rotatable bonds is 3. The van der Waals surface area contributed by atoms with E-state index in [0.717, 1.165) is 29.2 Å². The predicted octanol–water partition coefficient (Wildman–Crippen LogP) is 2.67. The summed E-state index contributed by atoms with van der Waals surface area (Å²) in [6.07, 6.45) is 2.67. The van der Waals surface area contributed by atoms with Crippen molar-refractivity contribution in [2.45, 2.75) is 25.8 Å². The van der Waals surface area contributed by atoms with Crippen LogP contribution in [-0.4, -0.2) is 17.4 Å². The van der Waals surface area contributed by atoms with E-state index in [1.165, 1.54) is 4.88 Å². The lowest BCUT2D eigenvalue weighted by atomic mass is 9.90. The van der Waals surface area contributed by atoms with E-state index in [1.807, 2.05) is 37.4 Å². The first-order valence-corrected chi connectivity index (χ1v) is 7.57. The molecule has 4 nitrogen and oxygen atoms in total. The van der Waals surface area contributed by atoms with Crippen LogP contribution in [0.15, 0.2) is 30.5 Å². The number of carbonyl (C=O) groups excluding carboxylic acids is 1. The molecule has 1 aromatic heterocycles. The fourth-order valence-electron chi connectivity index (χ4n) is 2.51. The number of hydrogen-bond acceptors (Lipinski definition) is 4. The van der Waals surface area contributed by atoms with Crippen LogP contribution in [0.1, 0.15) is 27.8 Å². The predicted molar refractivity (Wildman–Crippen MR) is 81.0 cm³/mol. The van der Waals surface area contributed by atoms with Crippen molar-refractivity contribution in [2.24, 2.45) is 0 Å². The third kappa shape index (κ3) is 2.67. The highest BCUT2D eigenvalue weighted by Crippen LogP contribution is 2.31. The molecule has 104 valence electrons. The molecule has 0 radical (unpaired) electrons. The van der Waals surface area contributed by atoms with E-state index >= 15 is 0 Å². The fraction of sp³-hybridized carbons (Fsp3) is 0.333. The monoisotopic (exact) mass is 287 g/mol. The third-order valence-corrected chi connectivity index (χ3v) is 4.40. The molecule has 1 aliphatic rings. The number of para-hydroxylation sites is 1. The molecule has 1 atom stereocenters. The summed E-state index contributed by atoms with van der Waals surface area (Å²) in [4.78, 5) is 17.8. The van der Waals surface area contributed by atoms with Crippen molar-refractivity contribution in [3.05, 3.63) is 45.9 Å². The van der Waals surface area contributed by atoms with Crippen LogP contribution in [-0.2, 0) is 11.3 Å². The number of benzene rings is 1. The van der Waals surface area contributed by atoms with Crippen LogP contribution in [0.25, 0.3) is 0 Å². The molecule has 2 aromatic rings. The zero-order valence-corrected chi connectivity index (χ0v) is 12.2. The van der Waals surface area contributed by atoms with Crippen LogP contribution in [0.4, 0.5) is 5.69 Å². The molecule has 0 saturated carbocycles. The summed E-state index contributed by atoms with van der Waals surface area (Å²) in [6, 6.07) is 8.03. The lowest BCUT2D eigenvalue weighted by molar-refractivity contribution is -0.122. The van der Waals surface area contributed by atoms with Crippen LogP contribution in [0, 0.1) is 6.92 Å². The molecule has 1 amide bonds. The normalized spacial score (nSPS) is 17.1. The van der Waals surface area contributed by atoms with Crippen molar-refractivity contribution in [3.63, 3.8) is 0 Å². The maximum atomic E-state index is 12.4. The summed E-state index contributed by atoms with van der Waals surface area (Å²) >= 11 is 1.62. The van der Waals surface area contributed by atoms with Gasteiger partial charge in [-0.05, 0) is 25.0 Å². The van der Waals surface area contributed by atoms with Gasteiger partial charge in [0.2, 0.25) is 5.91 Å². The zero-order chi connectivity index (χ0) is 13.9. The molecule has 0 spiro atoms. The van der Waals surface area contributed by atoms with Gasteiger partial charge >= 0.3 is 0 Å². The highest BCUT2D eigenvalue weighted by molar-refractivity contribution is 7.11. The average Bonchev–Trinajstić information content (AvgIpc) is 2.90. The minimum atomic E-state index is -0.0616. The average molecular weight is 287 g/mol. The van der Waals surface area contributed by atoms with Crippen molar-refractivity contribution in [2.75, 3.05) is 11.9 Å². The Morgan fingerprint density at radius 1 is 1.50 bits per heavy atom. The van der Waals surface area contributed by atoms with Gasteiger partial charge < -0.3 is 10.6 Å². The fourth-order valence-corrected chi connectivity index (χ4v) is 3.24. The summed E-state index contributed by atoms with van der Waals surface area (Å²) in [5.74, 6) is 0.0281. The largest absolute Gasteiger partial charge is 0.385 e. The minimum Gasteiger partial charge on any atom is -0.385 e. The van der Waals surface area contributed by atoms with Crippen molar-refractivity contribution in [1.29, 1.82) is 0 Å². The highest BCUT2D eigenvalue weighted by Gasteiger charge is 2.25. The molecule has 1 unspecified atom stereocenters. The minimum absolute atomic E-state index is 0.0616. The van der Waals surface area contributed by atoms with Crippen LogP contribution in [0.5, 0.6) is 0 Å². The molecule has 20 heavy (non-hydrogen) atoms. The second-order valence-corrected chi connectivity index (χ2v) is 6.26. The van der Waals surface area contributed by atoms with Crippen molar-refractivity contribution >= 4 is 22.9 Å². The summed E-state index contributed by atoms with van der Waals surface area (Å²) in [5.41, 5.74) is 2.16. The van der Waals surface area contributed by atoms with E-state index in [0.29, 0.717) is 6.54 Å². The number of hydrogen-bond donors (Lipinski definition) is 2. The number of fused-ring (bicyclic) bond motifs is 1. The highest BCUT2D eigenvalue weighted by atomic mass is 32.1. The van der Waals surface area contributed by atoms with Gasteiger partial charge in [-0.15, -0.1) is 11.3 Å². The van der Waals surface area contributed by atoms with Crippen molar-refractivity contribution in [1.82, 2.24) is 10.3 Å². The molecular weight excluding hydrogens is 270 g/mol. The number of anilines is 1. The number of thiazole rings is 1. The second kappa shape index (κ2) is 5.63. The summed E-state index contributed by atoms with van der Waals surface area (Å²) < 4.78 is 0. The molecule has 5 heteroatoms. The van der Waals surface area contributed by atoms with Gasteiger partial charge in [0.25, 0.3) is 0 Å². The van der Waals surface area contributed by atoms with Crippen LogP contribution >= 0.6 is 11.3 Å². The first-order chi connectivity index (χ1) is 9.74. The summed E-state index contributed by atoms with van der Waals surface area (Å²) in [6.45, 7) is 3.38. The van der Waals surface area contributed by atoms with Crippen molar-refractivity contribution in [3.8, 4) is 0 Å². The van der Waals surface area contributed by atoms with Gasteiger partial charge in [0, 0.05) is 23.3 Å². The van der Waals surface area contributed by atoms with Gasteiger partial charge in [-0.3, -0.25) is 4.79 Å². The van der Waals surface area contributed by atoms with Gasteiger partial charge in [-0.2, -0.15) is 0 Å². The topological polar surface area (TPSA) is 54.0 Å². The maximum absolute atomic E-state index is 12.4. The van der Waals surface area contributed by atoms with E-state index in [4.69, 9.17) is 0 Å². The number of aromatic nitrogens is 1. The number of nitrogens with zero attached hydrogens (tertiary/aromatic N) is 1. The van der Waals surface area contributed by atoms with E-state index < -0.39 is 0 Å². The first-order valence-electron chi connectivity index (χ1n) is 6.76. The SMILES string of the molecule is Cc1cnc(CNC(=O)C2CCNc3ccccc32)s1. The van der Waals surface area contributed by atoms with E-state index in [1.54, 1.807) is 11.3 Å². The quantitative estimate of drug-likeness (QED) is 0.912. The zero-order valence-electron chi connectivity index (χ0n) is 11.3. The van der Waals surface area contributed by atoms with Gasteiger partial charge in [-0.25, -0.2) is 4.98 Å². The Balaban J connectivity index is 1.69. The molecular formula is C15H17N3OS. The summed E-state index contributed by atoms with van der Waals surface area (Å²) in [7, 11) is 0. The van der Waals surface area contributed by atoms with E-state index in [2.05, 4.69) is 15.6 Å². The van der Waals surface area contributed by atoms with Crippen LogP contribution in [0.3, 0.4) is 0 Å². The van der Waals surface area contributed by atoms with Crippen LogP contribution < -0.4 is 10.6 Å². The number of nitrogens with one attached hydrogen (secondary N) is 2. The van der Waals surface area contributed by atoms with Gasteiger partial charge in [-0.1, -0.05) is 18.2 Å². The lowest BCUT2D eigenvalue weighted by Crippen LogP contribution is -2.32. The van der Waals surface area contributed by atoms with E-state index in [9.17, 15) is 4.79 Å². The van der Waals surface area contributed by atoms with Gasteiger partial charge in [0.1, 0.15) is 5.01 Å². The second-order valence-electron chi connectivity index (χ2n) is 4.94. The first kappa shape index (κ1) is 13.1. The Hall–Kier alpha value is -1.88. The number of carbonyl (C=O) groups is 1. The third-order valence-electron chi connectivity index (χ3n) is 3.48. The Kier molecular flexibility index (Phi) is 3.69. The molecule has 2 heterocycles. The Morgan fingerprint density at radius 3 is 3.15 bits per heavy atom. The molecule has 1 aliphatic heterocycles.